The normalized spacial score (nSPS) is 12.7. The van der Waals surface area contributed by atoms with Crippen molar-refractivity contribution in [2.75, 3.05) is 0 Å². The van der Waals surface area contributed by atoms with E-state index in [4.69, 9.17) is 0 Å². The minimum atomic E-state index is -3.63. The fraction of sp³-hybridized carbons (Fsp3) is 0.316. The van der Waals surface area contributed by atoms with E-state index in [0.29, 0.717) is 23.4 Å². The van der Waals surface area contributed by atoms with Crippen LogP contribution in [0.4, 0.5) is 4.39 Å². The number of benzene rings is 1. The van der Waals surface area contributed by atoms with Gasteiger partial charge in [0.05, 0.1) is 11.4 Å². The quantitative estimate of drug-likeness (QED) is 0.723. The first kappa shape index (κ1) is 18.5. The predicted molar refractivity (Wildman–Crippen MR) is 101 cm³/mol. The minimum absolute atomic E-state index is 0.103. The molecule has 2 heterocycles. The number of hydrogen-bond donors (Lipinski definition) is 2. The molecule has 0 spiro atoms. The molecule has 0 aliphatic heterocycles. The molecule has 3 aromatic rings. The Morgan fingerprint density at radius 1 is 1.19 bits per heavy atom. The maximum atomic E-state index is 13.9. The van der Waals surface area contributed by atoms with Crippen molar-refractivity contribution in [1.82, 2.24) is 14.7 Å². The number of rotatable bonds is 4. The lowest BCUT2D eigenvalue weighted by Crippen LogP contribution is -2.40. The van der Waals surface area contributed by atoms with E-state index in [1.807, 2.05) is 13.0 Å². The lowest BCUT2D eigenvalue weighted by molar-refractivity contribution is 0.491. The van der Waals surface area contributed by atoms with Gasteiger partial charge in [-0.2, -0.15) is 0 Å². The molecule has 0 amide bonds. The van der Waals surface area contributed by atoms with Crippen molar-refractivity contribution >= 4 is 20.9 Å². The van der Waals surface area contributed by atoms with Crippen LogP contribution >= 0.6 is 0 Å². The molecule has 0 saturated heterocycles. The van der Waals surface area contributed by atoms with Gasteiger partial charge in [0.1, 0.15) is 10.7 Å². The van der Waals surface area contributed by atoms with Crippen molar-refractivity contribution in [3.05, 3.63) is 47.9 Å². The summed E-state index contributed by atoms with van der Waals surface area (Å²) in [5.41, 5.74) is 2.20. The third-order valence-corrected chi connectivity index (χ3v) is 5.67. The van der Waals surface area contributed by atoms with Crippen LogP contribution in [-0.4, -0.2) is 23.9 Å². The van der Waals surface area contributed by atoms with Crippen LogP contribution in [-0.2, 0) is 16.4 Å². The van der Waals surface area contributed by atoms with E-state index in [1.165, 1.54) is 18.3 Å². The average molecular weight is 375 g/mol. The summed E-state index contributed by atoms with van der Waals surface area (Å²) in [5, 5.41) is 0.752. The van der Waals surface area contributed by atoms with Gasteiger partial charge in [-0.25, -0.2) is 17.5 Å². The summed E-state index contributed by atoms with van der Waals surface area (Å²) < 4.78 is 41.2. The standard InChI is InChI=1S/C19H22FN3O2S/c1-5-12-9-17-13(8-15(12)20)10-18(22-17)16-7-6-14(11-21-16)26(24,25)23-19(2,3)4/h6-11,22-23H,5H2,1-4H3. The molecule has 2 aromatic heterocycles. The summed E-state index contributed by atoms with van der Waals surface area (Å²) in [5.74, 6) is -0.229. The number of H-pyrrole nitrogens is 1. The molecule has 0 aliphatic carbocycles. The van der Waals surface area contributed by atoms with Gasteiger partial charge in [-0.3, -0.25) is 4.98 Å². The number of sulfonamides is 1. The highest BCUT2D eigenvalue weighted by Crippen LogP contribution is 2.26. The van der Waals surface area contributed by atoms with Gasteiger partial charge >= 0.3 is 0 Å². The zero-order valence-electron chi connectivity index (χ0n) is 15.2. The third-order valence-electron chi connectivity index (χ3n) is 3.93. The molecule has 2 N–H and O–H groups in total. The van der Waals surface area contributed by atoms with E-state index in [0.717, 1.165) is 10.9 Å². The van der Waals surface area contributed by atoms with Crippen molar-refractivity contribution in [2.24, 2.45) is 0 Å². The Morgan fingerprint density at radius 3 is 2.50 bits per heavy atom. The first-order valence-electron chi connectivity index (χ1n) is 8.40. The summed E-state index contributed by atoms with van der Waals surface area (Å²) in [6.07, 6.45) is 1.94. The lowest BCUT2D eigenvalue weighted by Gasteiger charge is -2.20. The first-order valence-corrected chi connectivity index (χ1v) is 9.89. The number of nitrogens with one attached hydrogen (secondary N) is 2. The van der Waals surface area contributed by atoms with Gasteiger partial charge in [0.25, 0.3) is 0 Å². The van der Waals surface area contributed by atoms with Crippen molar-refractivity contribution in [2.45, 2.75) is 44.6 Å². The third kappa shape index (κ3) is 3.78. The van der Waals surface area contributed by atoms with Gasteiger partial charge in [0.2, 0.25) is 10.0 Å². The Balaban J connectivity index is 1.95. The van der Waals surface area contributed by atoms with Crippen LogP contribution in [0.5, 0.6) is 0 Å². The number of hydrogen-bond acceptors (Lipinski definition) is 3. The number of aromatic nitrogens is 2. The van der Waals surface area contributed by atoms with E-state index >= 15 is 0 Å². The maximum Gasteiger partial charge on any atom is 0.242 e. The van der Waals surface area contributed by atoms with Crippen molar-refractivity contribution < 1.29 is 12.8 Å². The second-order valence-electron chi connectivity index (χ2n) is 7.30. The highest BCUT2D eigenvalue weighted by Gasteiger charge is 2.22. The van der Waals surface area contributed by atoms with Crippen LogP contribution in [0.3, 0.4) is 0 Å². The molecule has 26 heavy (non-hydrogen) atoms. The summed E-state index contributed by atoms with van der Waals surface area (Å²) in [6.45, 7) is 7.24. The number of aryl methyl sites for hydroxylation is 1. The Morgan fingerprint density at radius 2 is 1.92 bits per heavy atom. The van der Waals surface area contributed by atoms with Gasteiger partial charge in [-0.1, -0.05) is 6.92 Å². The molecule has 138 valence electrons. The summed E-state index contributed by atoms with van der Waals surface area (Å²) in [7, 11) is -3.63. The fourth-order valence-electron chi connectivity index (χ4n) is 2.77. The monoisotopic (exact) mass is 375 g/mol. The van der Waals surface area contributed by atoms with Crippen LogP contribution in [0.2, 0.25) is 0 Å². The average Bonchev–Trinajstić information content (AvgIpc) is 2.94. The van der Waals surface area contributed by atoms with E-state index in [-0.39, 0.29) is 10.7 Å². The Kier molecular flexibility index (Phi) is 4.62. The SMILES string of the molecule is CCc1cc2[nH]c(-c3ccc(S(=O)(=O)NC(C)(C)C)cn3)cc2cc1F. The number of aromatic amines is 1. The van der Waals surface area contributed by atoms with E-state index in [1.54, 1.807) is 32.9 Å². The molecule has 3 rings (SSSR count). The molecule has 5 nitrogen and oxygen atoms in total. The molecular formula is C19H22FN3O2S. The van der Waals surface area contributed by atoms with Crippen LogP contribution in [0.1, 0.15) is 33.3 Å². The van der Waals surface area contributed by atoms with Crippen molar-refractivity contribution in [3.63, 3.8) is 0 Å². The molecular weight excluding hydrogens is 353 g/mol. The number of halogens is 1. The van der Waals surface area contributed by atoms with Gasteiger partial charge in [-0.05, 0) is 63.1 Å². The zero-order chi connectivity index (χ0) is 19.1. The molecule has 0 atom stereocenters. The molecule has 1 aromatic carbocycles. The van der Waals surface area contributed by atoms with E-state index in [2.05, 4.69) is 14.7 Å². The van der Waals surface area contributed by atoms with Gasteiger partial charge in [-0.15, -0.1) is 0 Å². The smallest absolute Gasteiger partial charge is 0.242 e. The predicted octanol–water partition coefficient (Wildman–Crippen LogP) is 4.01. The number of nitrogens with zero attached hydrogens (tertiary/aromatic N) is 1. The topological polar surface area (TPSA) is 74.8 Å². The summed E-state index contributed by atoms with van der Waals surface area (Å²) in [4.78, 5) is 7.58. The molecule has 0 bridgehead atoms. The molecule has 7 heteroatoms. The van der Waals surface area contributed by atoms with Gasteiger partial charge in [0.15, 0.2) is 0 Å². The van der Waals surface area contributed by atoms with Crippen LogP contribution < -0.4 is 4.72 Å². The molecule has 0 fully saturated rings. The van der Waals surface area contributed by atoms with Gasteiger partial charge in [0, 0.05) is 22.6 Å². The van der Waals surface area contributed by atoms with E-state index < -0.39 is 15.6 Å². The molecule has 0 unspecified atom stereocenters. The Labute approximate surface area is 152 Å². The number of pyridine rings is 1. The Hall–Kier alpha value is -2.25. The number of fused-ring (bicyclic) bond motifs is 1. The molecule has 0 saturated carbocycles. The van der Waals surface area contributed by atoms with Crippen LogP contribution in [0.25, 0.3) is 22.3 Å². The van der Waals surface area contributed by atoms with Crippen molar-refractivity contribution in [3.8, 4) is 11.4 Å². The van der Waals surface area contributed by atoms with Crippen molar-refractivity contribution in [1.29, 1.82) is 0 Å². The maximum absolute atomic E-state index is 13.9. The Bertz CT molecular complexity index is 1050. The second-order valence-corrected chi connectivity index (χ2v) is 8.98. The first-order chi connectivity index (χ1) is 12.1. The highest BCUT2D eigenvalue weighted by atomic mass is 32.2. The largest absolute Gasteiger partial charge is 0.353 e. The summed E-state index contributed by atoms with van der Waals surface area (Å²) >= 11 is 0. The minimum Gasteiger partial charge on any atom is -0.353 e. The molecule has 0 aliphatic rings. The van der Waals surface area contributed by atoms with Crippen LogP contribution in [0.15, 0.2) is 41.4 Å². The fourth-order valence-corrected chi connectivity index (χ4v) is 4.13. The highest BCUT2D eigenvalue weighted by molar-refractivity contribution is 7.89. The lowest BCUT2D eigenvalue weighted by atomic mass is 10.1. The van der Waals surface area contributed by atoms with Crippen LogP contribution in [0, 0.1) is 5.82 Å². The zero-order valence-corrected chi connectivity index (χ0v) is 16.0. The second kappa shape index (κ2) is 6.48. The summed E-state index contributed by atoms with van der Waals surface area (Å²) in [6, 6.07) is 8.25. The molecule has 0 radical (unpaired) electrons. The van der Waals surface area contributed by atoms with E-state index in [9.17, 15) is 12.8 Å². The van der Waals surface area contributed by atoms with Gasteiger partial charge < -0.3 is 4.98 Å².